The van der Waals surface area contributed by atoms with E-state index in [2.05, 4.69) is 230 Å². The Bertz CT molecular complexity index is 2650. The second kappa shape index (κ2) is 27.0. The summed E-state index contributed by atoms with van der Waals surface area (Å²) in [4.78, 5) is 0. The number of ether oxygens (including phenoxy) is 2. The van der Waals surface area contributed by atoms with Gasteiger partial charge in [-0.2, -0.15) is 0 Å². The molecule has 0 radical (unpaired) electrons. The molecule has 0 spiro atoms. The molecule has 70 heavy (non-hydrogen) atoms. The van der Waals surface area contributed by atoms with E-state index in [1.54, 1.807) is 0 Å². The lowest BCUT2D eigenvalue weighted by molar-refractivity contribution is 0.288. The van der Waals surface area contributed by atoms with Crippen LogP contribution in [0.4, 0.5) is 0 Å². The smallest absolute Gasteiger partial charge is 0.153 e. The third-order valence-electron chi connectivity index (χ3n) is 12.7. The van der Waals surface area contributed by atoms with Crippen molar-refractivity contribution < 1.29 is 9.47 Å². The molecule has 0 aromatic heterocycles. The van der Waals surface area contributed by atoms with Gasteiger partial charge in [0.05, 0.1) is 46.6 Å². The van der Waals surface area contributed by atoms with Gasteiger partial charge in [-0.15, -0.1) is 17.2 Å². The van der Waals surface area contributed by atoms with Crippen molar-refractivity contribution in [3.05, 3.63) is 168 Å². The van der Waals surface area contributed by atoms with Gasteiger partial charge in [-0.05, 0) is 146 Å². The van der Waals surface area contributed by atoms with Gasteiger partial charge >= 0.3 is 0 Å². The number of rotatable bonds is 18. The molecular formula is C64H74Br4O2. The minimum absolute atomic E-state index is 0.0706. The molecule has 0 saturated heterocycles. The first-order valence-electron chi connectivity index (χ1n) is 25.4. The number of hydrogen-bond donors (Lipinski definition) is 0. The van der Waals surface area contributed by atoms with Crippen molar-refractivity contribution in [1.29, 1.82) is 0 Å². The SMILES string of the molecule is CCCCCCCCOc1cc(OCCCCCCCC)c([C-]=C=c2cc(Br)c(=C=C3C(C)=CC(C(C)(C)C)=C[C+]3C)c(Br)c2)cc1[C-]=C=c1cc(Br)c(=C=C2C(C)=CC(C(C)(C)C)=C[C+]2C)c(Br)c1. The van der Waals surface area contributed by atoms with Crippen LogP contribution in [0.5, 0.6) is 11.5 Å². The minimum Gasteiger partial charge on any atom is -0.537 e. The van der Waals surface area contributed by atoms with E-state index in [1.807, 2.05) is 12.1 Å². The summed E-state index contributed by atoms with van der Waals surface area (Å²) in [6, 6.07) is 12.4. The van der Waals surface area contributed by atoms with Gasteiger partial charge in [0.2, 0.25) is 0 Å². The van der Waals surface area contributed by atoms with Gasteiger partial charge in [0.25, 0.3) is 0 Å². The molecular weight excluding hydrogens is 1120 g/mol. The van der Waals surface area contributed by atoms with E-state index in [0.29, 0.717) is 24.7 Å². The Labute approximate surface area is 456 Å². The zero-order valence-corrected chi connectivity index (χ0v) is 50.3. The molecule has 0 atom stereocenters. The fourth-order valence-corrected chi connectivity index (χ4v) is 11.1. The number of hydrogen-bond acceptors (Lipinski definition) is 2. The highest BCUT2D eigenvalue weighted by Gasteiger charge is 2.30. The summed E-state index contributed by atoms with van der Waals surface area (Å²) in [6.07, 6.45) is 30.4. The summed E-state index contributed by atoms with van der Waals surface area (Å²) in [5, 5.41) is 3.62. The number of benzene rings is 3. The topological polar surface area (TPSA) is 18.5 Å². The van der Waals surface area contributed by atoms with E-state index in [0.717, 1.165) is 86.7 Å². The third-order valence-corrected chi connectivity index (χ3v) is 15.2. The molecule has 0 amide bonds. The van der Waals surface area contributed by atoms with Crippen LogP contribution in [0.15, 0.2) is 112 Å². The molecule has 0 heterocycles. The molecule has 0 N–H and O–H groups in total. The zero-order valence-electron chi connectivity index (χ0n) is 44.0. The molecule has 0 unspecified atom stereocenters. The quantitative estimate of drug-likeness (QED) is 0.0933. The summed E-state index contributed by atoms with van der Waals surface area (Å²) < 4.78 is 16.9. The highest BCUT2D eigenvalue weighted by atomic mass is 79.9. The van der Waals surface area contributed by atoms with E-state index in [-0.39, 0.29) is 10.8 Å². The first kappa shape index (κ1) is 57.4. The van der Waals surface area contributed by atoms with E-state index in [1.165, 1.54) is 85.5 Å². The fraction of sp³-hybridized carbons (Fsp3) is 0.438. The summed E-state index contributed by atoms with van der Waals surface area (Å²) in [7, 11) is 0. The molecule has 2 aliphatic carbocycles. The van der Waals surface area contributed by atoms with Gasteiger partial charge in [-0.3, -0.25) is 0 Å². The molecule has 3 aromatic rings. The minimum atomic E-state index is 0.0706. The predicted octanol–water partition coefficient (Wildman–Crippen LogP) is 17.5. The van der Waals surface area contributed by atoms with Crippen molar-refractivity contribution in [2.75, 3.05) is 13.2 Å². The normalized spacial score (nSPS) is 13.9. The maximum atomic E-state index is 6.60. The first-order chi connectivity index (χ1) is 33.2. The number of halogens is 4. The standard InChI is InChI=1S/C64H74Br4O2/c1-13-15-17-19-21-23-29-69-61-42-62(70-30-24-22-20-18-16-14-2)50(28-26-48-37-59(67)56(60(68)38-48)41-54-45(5)33-52(34-46(54)6)64(10,11)12)39-49(61)27-25-47-35-57(65)55(58(66)36-47)40-53-43(3)31-51(32-44(53)4)63(7,8)9/h31-39,42H,13-24,29-30H2,1-12H3. The molecule has 6 heteroatoms. The predicted molar refractivity (Wildman–Crippen MR) is 312 cm³/mol. The molecule has 2 nitrogen and oxygen atoms in total. The summed E-state index contributed by atoms with van der Waals surface area (Å²) >= 11 is 15.5. The molecule has 0 aliphatic heterocycles. The summed E-state index contributed by atoms with van der Waals surface area (Å²) in [6.45, 7) is 27.9. The molecule has 0 fully saturated rings. The first-order valence-corrected chi connectivity index (χ1v) is 28.6. The van der Waals surface area contributed by atoms with Crippen molar-refractivity contribution in [1.82, 2.24) is 0 Å². The monoisotopic (exact) mass is 1190 g/mol. The van der Waals surface area contributed by atoms with Crippen LogP contribution in [0, 0.1) is 34.8 Å². The van der Waals surface area contributed by atoms with Crippen molar-refractivity contribution in [2.45, 2.75) is 160 Å². The van der Waals surface area contributed by atoms with E-state index < -0.39 is 0 Å². The second-order valence-corrected chi connectivity index (χ2v) is 24.3. The third kappa shape index (κ3) is 16.8. The number of unbranched alkanes of at least 4 members (excludes halogenated alkanes) is 10. The lowest BCUT2D eigenvalue weighted by atomic mass is 9.77. The molecule has 0 bridgehead atoms. The van der Waals surface area contributed by atoms with Crippen LogP contribution < -0.4 is 30.3 Å². The van der Waals surface area contributed by atoms with E-state index in [9.17, 15) is 0 Å². The van der Waals surface area contributed by atoms with Gasteiger partial charge in [0, 0.05) is 87.1 Å². The van der Waals surface area contributed by atoms with Crippen LogP contribution in [0.2, 0.25) is 0 Å². The van der Waals surface area contributed by atoms with Crippen LogP contribution in [0.1, 0.15) is 171 Å². The summed E-state index contributed by atoms with van der Waals surface area (Å²) in [5.74, 6) is 3.84. The molecule has 5 rings (SSSR count). The molecule has 3 aromatic carbocycles. The maximum absolute atomic E-state index is 6.60. The summed E-state index contributed by atoms with van der Waals surface area (Å²) in [5.41, 5.74) is 23.3. The van der Waals surface area contributed by atoms with Gasteiger partial charge in [-0.1, -0.05) is 131 Å². The van der Waals surface area contributed by atoms with E-state index >= 15 is 0 Å². The van der Waals surface area contributed by atoms with Gasteiger partial charge in [0.15, 0.2) is 11.1 Å². The highest BCUT2D eigenvalue weighted by molar-refractivity contribution is 9.11. The van der Waals surface area contributed by atoms with E-state index in [4.69, 9.17) is 9.47 Å². The Hall–Kier alpha value is -3.52. The Morgan fingerprint density at radius 2 is 0.843 bits per heavy atom. The molecule has 370 valence electrons. The Morgan fingerprint density at radius 3 is 1.17 bits per heavy atom. The average molecular weight is 1190 g/mol. The van der Waals surface area contributed by atoms with Crippen molar-refractivity contribution >= 4 is 86.6 Å². The van der Waals surface area contributed by atoms with Crippen molar-refractivity contribution in [3.8, 4) is 11.5 Å². The van der Waals surface area contributed by atoms with Crippen LogP contribution in [0.3, 0.4) is 0 Å². The zero-order chi connectivity index (χ0) is 51.2. The Kier molecular flexibility index (Phi) is 22.1. The molecule has 0 saturated carbocycles. The van der Waals surface area contributed by atoms with Crippen LogP contribution in [-0.2, 0) is 0 Å². The Balaban J connectivity index is 1.64. The van der Waals surface area contributed by atoms with Crippen LogP contribution in [-0.4, -0.2) is 13.2 Å². The highest BCUT2D eigenvalue weighted by Crippen LogP contribution is 2.38. The fourth-order valence-electron chi connectivity index (χ4n) is 8.37. The van der Waals surface area contributed by atoms with Crippen molar-refractivity contribution in [2.24, 2.45) is 10.8 Å². The maximum Gasteiger partial charge on any atom is 0.153 e. The molecule has 2 aliphatic rings. The van der Waals surface area contributed by atoms with Crippen LogP contribution in [0.25, 0.3) is 22.9 Å². The van der Waals surface area contributed by atoms with Gasteiger partial charge in [-0.25, -0.2) is 11.5 Å². The van der Waals surface area contributed by atoms with Gasteiger partial charge < -0.3 is 9.47 Å². The largest absolute Gasteiger partial charge is 0.537 e. The number of allylic oxidation sites excluding steroid dienone is 10. The average Bonchev–Trinajstić information content (AvgIpc) is 3.28. The van der Waals surface area contributed by atoms with Crippen molar-refractivity contribution in [3.63, 3.8) is 0 Å². The van der Waals surface area contributed by atoms with Gasteiger partial charge in [0.1, 0.15) is 0 Å². The lowest BCUT2D eigenvalue weighted by Gasteiger charge is -2.22. The Morgan fingerprint density at radius 1 is 0.500 bits per heavy atom. The second-order valence-electron chi connectivity index (χ2n) is 20.9. The van der Waals surface area contributed by atoms with Crippen LogP contribution >= 0.6 is 63.7 Å². The lowest BCUT2D eigenvalue weighted by Crippen LogP contribution is -2.15.